The fourth-order valence-corrected chi connectivity index (χ4v) is 2.50. The van der Waals surface area contributed by atoms with Crippen LogP contribution < -0.4 is 5.73 Å². The molecule has 0 bridgehead atoms. The molecule has 1 aliphatic carbocycles. The Morgan fingerprint density at radius 2 is 1.94 bits per heavy atom. The van der Waals surface area contributed by atoms with E-state index in [1.807, 2.05) is 0 Å². The minimum Gasteiger partial charge on any atom is -0.324 e. The monoisotopic (exact) mass is 232 g/mol. The Kier molecular flexibility index (Phi) is 3.85. The molecule has 2 rings (SSSR count). The van der Waals surface area contributed by atoms with Gasteiger partial charge in [-0.25, -0.2) is 0 Å². The van der Waals surface area contributed by atoms with E-state index in [1.54, 1.807) is 0 Å². The van der Waals surface area contributed by atoms with Crippen LogP contribution in [0, 0.1) is 5.92 Å². The Balaban J connectivity index is 1.76. The molecule has 2 heteroatoms. The van der Waals surface area contributed by atoms with E-state index >= 15 is 0 Å². The third-order valence-electron chi connectivity index (χ3n) is 3.75. The second-order valence-electron chi connectivity index (χ2n) is 5.75. The number of nitrogens with two attached hydrogens (primary N) is 1. The lowest BCUT2D eigenvalue weighted by Gasteiger charge is -2.30. The van der Waals surface area contributed by atoms with Gasteiger partial charge in [0, 0.05) is 18.6 Å². The lowest BCUT2D eigenvalue weighted by atomic mass is 9.96. The van der Waals surface area contributed by atoms with Crippen molar-refractivity contribution in [3.05, 3.63) is 35.9 Å². The maximum atomic E-state index is 6.35. The van der Waals surface area contributed by atoms with Gasteiger partial charge in [0.2, 0.25) is 0 Å². The van der Waals surface area contributed by atoms with E-state index in [0.717, 1.165) is 25.4 Å². The smallest absolute Gasteiger partial charge is 0.0283 e. The van der Waals surface area contributed by atoms with Gasteiger partial charge >= 0.3 is 0 Å². The van der Waals surface area contributed by atoms with Crippen LogP contribution in [0.15, 0.2) is 30.3 Å². The number of rotatable bonds is 6. The van der Waals surface area contributed by atoms with Crippen molar-refractivity contribution in [3.63, 3.8) is 0 Å². The average molecular weight is 232 g/mol. The summed E-state index contributed by atoms with van der Waals surface area (Å²) in [7, 11) is 2.18. The molecule has 0 aliphatic heterocycles. The highest BCUT2D eigenvalue weighted by molar-refractivity contribution is 5.14. The van der Waals surface area contributed by atoms with Crippen molar-refractivity contribution >= 4 is 0 Å². The molecule has 1 aliphatic rings. The normalized spacial score (nSPS) is 19.3. The molecule has 0 amide bonds. The molecule has 1 fully saturated rings. The van der Waals surface area contributed by atoms with Gasteiger partial charge in [0.15, 0.2) is 0 Å². The van der Waals surface area contributed by atoms with E-state index in [9.17, 15) is 0 Å². The summed E-state index contributed by atoms with van der Waals surface area (Å²) < 4.78 is 0. The highest BCUT2D eigenvalue weighted by Crippen LogP contribution is 2.38. The van der Waals surface area contributed by atoms with Crippen LogP contribution in [-0.4, -0.2) is 30.6 Å². The largest absolute Gasteiger partial charge is 0.324 e. The zero-order chi connectivity index (χ0) is 12.3. The lowest BCUT2D eigenvalue weighted by Crippen LogP contribution is -2.48. The highest BCUT2D eigenvalue weighted by atomic mass is 15.1. The van der Waals surface area contributed by atoms with Gasteiger partial charge in [0.1, 0.15) is 0 Å². The Labute approximate surface area is 105 Å². The van der Waals surface area contributed by atoms with Crippen molar-refractivity contribution in [3.8, 4) is 0 Å². The highest BCUT2D eigenvalue weighted by Gasteiger charge is 2.38. The molecule has 0 heterocycles. The van der Waals surface area contributed by atoms with Gasteiger partial charge in [-0.05, 0) is 44.7 Å². The van der Waals surface area contributed by atoms with E-state index in [0.29, 0.717) is 0 Å². The molecule has 1 unspecified atom stereocenters. The second-order valence-corrected chi connectivity index (χ2v) is 5.75. The molecule has 17 heavy (non-hydrogen) atoms. The second kappa shape index (κ2) is 5.19. The van der Waals surface area contributed by atoms with Gasteiger partial charge in [-0.3, -0.25) is 0 Å². The SMILES string of the molecule is CN(CCc1ccccc1)CC(C)(N)C1CC1. The summed E-state index contributed by atoms with van der Waals surface area (Å²) >= 11 is 0. The molecular formula is C15H24N2. The number of benzene rings is 1. The fraction of sp³-hybridized carbons (Fsp3) is 0.600. The summed E-state index contributed by atoms with van der Waals surface area (Å²) in [6, 6.07) is 10.7. The van der Waals surface area contributed by atoms with E-state index in [2.05, 4.69) is 49.2 Å². The number of hydrogen-bond acceptors (Lipinski definition) is 2. The maximum Gasteiger partial charge on any atom is 0.0283 e. The molecule has 1 aromatic carbocycles. The zero-order valence-electron chi connectivity index (χ0n) is 11.0. The van der Waals surface area contributed by atoms with Crippen molar-refractivity contribution in [2.45, 2.75) is 31.7 Å². The van der Waals surface area contributed by atoms with Gasteiger partial charge < -0.3 is 10.6 Å². The van der Waals surface area contributed by atoms with E-state index < -0.39 is 0 Å². The molecule has 2 nitrogen and oxygen atoms in total. The summed E-state index contributed by atoms with van der Waals surface area (Å²) in [6.45, 7) is 4.29. The van der Waals surface area contributed by atoms with E-state index in [-0.39, 0.29) is 5.54 Å². The number of likely N-dealkylation sites (N-methyl/N-ethyl adjacent to an activating group) is 1. The number of hydrogen-bond donors (Lipinski definition) is 1. The van der Waals surface area contributed by atoms with E-state index in [1.165, 1.54) is 18.4 Å². The lowest BCUT2D eigenvalue weighted by molar-refractivity contribution is 0.240. The average Bonchev–Trinajstić information content (AvgIpc) is 3.11. The first-order chi connectivity index (χ1) is 8.08. The van der Waals surface area contributed by atoms with Crippen LogP contribution in [-0.2, 0) is 6.42 Å². The van der Waals surface area contributed by atoms with Crippen LogP contribution in [0.5, 0.6) is 0 Å². The molecule has 0 aromatic heterocycles. The Hall–Kier alpha value is -0.860. The molecule has 1 atom stereocenters. The molecule has 1 aromatic rings. The first-order valence-electron chi connectivity index (χ1n) is 6.59. The molecule has 2 N–H and O–H groups in total. The standard InChI is InChI=1S/C15H24N2/c1-15(16,14-8-9-14)12-17(2)11-10-13-6-4-3-5-7-13/h3-7,14H,8-12,16H2,1-2H3. The quantitative estimate of drug-likeness (QED) is 0.815. The minimum atomic E-state index is 0.00539. The van der Waals surface area contributed by atoms with Crippen molar-refractivity contribution in [1.29, 1.82) is 0 Å². The molecule has 94 valence electrons. The van der Waals surface area contributed by atoms with Gasteiger partial charge in [-0.1, -0.05) is 30.3 Å². The van der Waals surface area contributed by atoms with E-state index in [4.69, 9.17) is 5.73 Å². The predicted molar refractivity (Wildman–Crippen MR) is 73.0 cm³/mol. The third-order valence-corrected chi connectivity index (χ3v) is 3.75. The summed E-state index contributed by atoms with van der Waals surface area (Å²) in [4.78, 5) is 2.37. The summed E-state index contributed by atoms with van der Waals surface area (Å²) in [6.07, 6.45) is 3.75. The minimum absolute atomic E-state index is 0.00539. The fourth-order valence-electron chi connectivity index (χ4n) is 2.50. The topological polar surface area (TPSA) is 29.3 Å². The molecular weight excluding hydrogens is 208 g/mol. The summed E-state index contributed by atoms with van der Waals surface area (Å²) in [5.41, 5.74) is 7.76. The van der Waals surface area contributed by atoms with Gasteiger partial charge in [0.05, 0.1) is 0 Å². The van der Waals surface area contributed by atoms with Gasteiger partial charge in [0.25, 0.3) is 0 Å². The van der Waals surface area contributed by atoms with Crippen molar-refractivity contribution < 1.29 is 0 Å². The predicted octanol–water partition coefficient (Wildman–Crippen LogP) is 2.29. The number of nitrogens with zero attached hydrogens (tertiary/aromatic N) is 1. The van der Waals surface area contributed by atoms with Crippen LogP contribution in [0.2, 0.25) is 0 Å². The maximum absolute atomic E-state index is 6.35. The molecule has 0 saturated heterocycles. The first kappa shape index (κ1) is 12.6. The van der Waals surface area contributed by atoms with Crippen molar-refractivity contribution in [2.24, 2.45) is 11.7 Å². The van der Waals surface area contributed by atoms with Crippen LogP contribution in [0.3, 0.4) is 0 Å². The van der Waals surface area contributed by atoms with Crippen molar-refractivity contribution in [2.75, 3.05) is 20.1 Å². The zero-order valence-corrected chi connectivity index (χ0v) is 11.0. The van der Waals surface area contributed by atoms with Crippen LogP contribution >= 0.6 is 0 Å². The van der Waals surface area contributed by atoms with Gasteiger partial charge in [-0.2, -0.15) is 0 Å². The first-order valence-corrected chi connectivity index (χ1v) is 6.59. The molecule has 1 saturated carbocycles. The van der Waals surface area contributed by atoms with Gasteiger partial charge in [-0.15, -0.1) is 0 Å². The van der Waals surface area contributed by atoms with Crippen LogP contribution in [0.25, 0.3) is 0 Å². The van der Waals surface area contributed by atoms with Crippen LogP contribution in [0.4, 0.5) is 0 Å². The Morgan fingerprint density at radius 3 is 2.53 bits per heavy atom. The van der Waals surface area contributed by atoms with Crippen LogP contribution in [0.1, 0.15) is 25.3 Å². The Morgan fingerprint density at radius 1 is 1.29 bits per heavy atom. The summed E-state index contributed by atoms with van der Waals surface area (Å²) in [5, 5.41) is 0. The summed E-state index contributed by atoms with van der Waals surface area (Å²) in [5.74, 6) is 0.752. The van der Waals surface area contributed by atoms with Crippen molar-refractivity contribution in [1.82, 2.24) is 4.90 Å². The third kappa shape index (κ3) is 3.83. The Bertz CT molecular complexity index is 341. The molecule has 0 spiro atoms. The molecule has 0 radical (unpaired) electrons.